The Labute approximate surface area is 395 Å². The maximum atomic E-state index is 12.9. The van der Waals surface area contributed by atoms with Crippen molar-refractivity contribution in [2.75, 3.05) is 60.7 Å². The van der Waals surface area contributed by atoms with Crippen molar-refractivity contribution in [1.29, 1.82) is 0 Å². The molecule has 0 aliphatic carbocycles. The molecule has 4 fully saturated rings. The molecule has 4 amide bonds. The molecule has 4 aliphatic rings. The Balaban J connectivity index is 0.000000199. The van der Waals surface area contributed by atoms with Gasteiger partial charge in [0.05, 0.1) is 64.7 Å². The summed E-state index contributed by atoms with van der Waals surface area (Å²) in [4.78, 5) is 57.8. The van der Waals surface area contributed by atoms with Crippen molar-refractivity contribution in [2.24, 2.45) is 0 Å². The third-order valence-electron chi connectivity index (χ3n) is 13.3. The minimum Gasteiger partial charge on any atom is -0.497 e. The van der Waals surface area contributed by atoms with Crippen LogP contribution in [0.15, 0.2) is 97.1 Å². The van der Waals surface area contributed by atoms with Crippen LogP contribution >= 0.6 is 0 Å². The summed E-state index contributed by atoms with van der Waals surface area (Å²) in [5.74, 6) is 14.4. The van der Waals surface area contributed by atoms with Gasteiger partial charge in [-0.3, -0.25) is 19.2 Å². The summed E-state index contributed by atoms with van der Waals surface area (Å²) in [7, 11) is 4.94. The lowest BCUT2D eigenvalue weighted by molar-refractivity contribution is -0.167. The molecule has 4 saturated heterocycles. The first-order valence-electron chi connectivity index (χ1n) is 23.4. The second-order valence-corrected chi connectivity index (χ2v) is 17.5. The Hall–Kier alpha value is -6.60. The van der Waals surface area contributed by atoms with E-state index in [0.29, 0.717) is 32.5 Å². The zero-order chi connectivity index (χ0) is 47.5. The van der Waals surface area contributed by atoms with Gasteiger partial charge in [0.1, 0.15) is 11.5 Å². The normalized spacial score (nSPS) is 21.4. The number of unbranched alkanes of at least 4 members (excludes halogenated alkanes) is 2. The van der Waals surface area contributed by atoms with Crippen LogP contribution < -0.4 is 9.47 Å². The van der Waals surface area contributed by atoms with Crippen LogP contribution in [0.5, 0.6) is 11.5 Å². The van der Waals surface area contributed by atoms with Crippen LogP contribution in [0.2, 0.25) is 0 Å². The molecule has 0 aromatic heterocycles. The number of aliphatic hydroxyl groups is 1. The molecular formula is C55H62N4O8. The number of benzene rings is 4. The van der Waals surface area contributed by atoms with Crippen LogP contribution in [0, 0.1) is 23.7 Å². The highest BCUT2D eigenvalue weighted by Gasteiger charge is 2.55. The van der Waals surface area contributed by atoms with Gasteiger partial charge in [-0.2, -0.15) is 0 Å². The van der Waals surface area contributed by atoms with Crippen LogP contribution in [0.1, 0.15) is 97.6 Å². The predicted octanol–water partition coefficient (Wildman–Crippen LogP) is 6.22. The standard InChI is InChI=1S/C28H32N2O4.C27H30N2O4/c1-4-5-9-26(31)29-17-24-28(25(19-33-2)30(24)27(32)18-29)22-14-12-20(13-15-22)10-11-21-7-6-8-23(16-21)34-3;1-3-4-8-25(31)28-16-23-27(24(18-30)29(23)26(32)17-28)21-13-11-19(12-14-21)9-10-20-6-5-7-22(15-20)33-2/h6-8,12-16,24-25,28H,4-5,9,17-19H2,1-3H3;5-7,11-15,23-24,27,30H,3-4,8,16-18H2,1-2H3/t24-,25-,28-;23-,24-,27-/m00/s1. The maximum absolute atomic E-state index is 12.9. The Bertz CT molecular complexity index is 2500. The lowest BCUT2D eigenvalue weighted by Gasteiger charge is -2.59. The minimum atomic E-state index is -0.246. The van der Waals surface area contributed by atoms with Gasteiger partial charge in [-0.1, -0.05) is 86.8 Å². The van der Waals surface area contributed by atoms with Crippen molar-refractivity contribution >= 4 is 23.6 Å². The molecular weight excluding hydrogens is 845 g/mol. The summed E-state index contributed by atoms with van der Waals surface area (Å²) >= 11 is 0. The van der Waals surface area contributed by atoms with E-state index in [2.05, 4.69) is 49.7 Å². The van der Waals surface area contributed by atoms with Gasteiger partial charge >= 0.3 is 0 Å². The van der Waals surface area contributed by atoms with Gasteiger partial charge in [-0.25, -0.2) is 0 Å². The van der Waals surface area contributed by atoms with Crippen molar-refractivity contribution in [3.8, 4) is 35.2 Å². The number of carbonyl (C=O) groups is 4. The van der Waals surface area contributed by atoms with Crippen LogP contribution in [-0.2, 0) is 23.9 Å². The van der Waals surface area contributed by atoms with Gasteiger partial charge in [0.25, 0.3) is 0 Å². The molecule has 0 saturated carbocycles. The van der Waals surface area contributed by atoms with Gasteiger partial charge in [0.2, 0.25) is 23.6 Å². The lowest BCUT2D eigenvalue weighted by Crippen LogP contribution is -2.73. The molecule has 0 radical (unpaired) electrons. The van der Waals surface area contributed by atoms with Gasteiger partial charge < -0.3 is 38.9 Å². The Kier molecular flexibility index (Phi) is 16.4. The quantitative estimate of drug-likeness (QED) is 0.157. The number of piperazine rings is 2. The SMILES string of the molecule is CCCCC(=O)N1CC(=O)N2[C@@H](CO)[C@@H](c3ccc(C#Cc4cccc(OC)c4)cc3)[C@@H]2C1.CCCCC(=O)N1CC(=O)N2[C@@H](COC)[C@@H](c3ccc(C#Cc4cccc(OC)c4)cc3)[C@@H]2C1. The molecule has 12 nitrogen and oxygen atoms in total. The van der Waals surface area contributed by atoms with E-state index < -0.39 is 0 Å². The molecule has 67 heavy (non-hydrogen) atoms. The number of fused-ring (bicyclic) bond motifs is 2. The van der Waals surface area contributed by atoms with Gasteiger partial charge in [0.15, 0.2) is 0 Å². The van der Waals surface area contributed by atoms with E-state index in [0.717, 1.165) is 70.6 Å². The highest BCUT2D eigenvalue weighted by Crippen LogP contribution is 2.44. The van der Waals surface area contributed by atoms with E-state index in [9.17, 15) is 24.3 Å². The Morgan fingerprint density at radius 1 is 0.597 bits per heavy atom. The molecule has 4 heterocycles. The molecule has 4 aromatic rings. The van der Waals surface area contributed by atoms with Gasteiger partial charge in [0, 0.05) is 67.1 Å². The predicted molar refractivity (Wildman–Crippen MR) is 256 cm³/mol. The first-order valence-corrected chi connectivity index (χ1v) is 23.4. The van der Waals surface area contributed by atoms with Crippen molar-refractivity contribution in [2.45, 2.75) is 88.4 Å². The summed E-state index contributed by atoms with van der Waals surface area (Å²) in [6.07, 6.45) is 4.58. The summed E-state index contributed by atoms with van der Waals surface area (Å²) in [5.41, 5.74) is 5.77. The first-order chi connectivity index (χ1) is 32.6. The fourth-order valence-corrected chi connectivity index (χ4v) is 9.77. The largest absolute Gasteiger partial charge is 0.497 e. The number of hydrogen-bond acceptors (Lipinski definition) is 8. The number of ether oxygens (including phenoxy) is 3. The van der Waals surface area contributed by atoms with E-state index >= 15 is 0 Å². The summed E-state index contributed by atoms with van der Waals surface area (Å²) < 4.78 is 15.9. The average molecular weight is 907 g/mol. The van der Waals surface area contributed by atoms with Crippen LogP contribution in [0.3, 0.4) is 0 Å². The molecule has 350 valence electrons. The molecule has 0 unspecified atom stereocenters. The average Bonchev–Trinajstić information content (AvgIpc) is 3.34. The molecule has 0 bridgehead atoms. The Morgan fingerprint density at radius 3 is 1.42 bits per heavy atom. The molecule has 4 aromatic carbocycles. The van der Waals surface area contributed by atoms with Gasteiger partial charge in [-0.05, 0) is 84.6 Å². The van der Waals surface area contributed by atoms with Crippen molar-refractivity contribution < 1.29 is 38.5 Å². The molecule has 0 spiro atoms. The van der Waals surface area contributed by atoms with E-state index in [4.69, 9.17) is 14.2 Å². The summed E-state index contributed by atoms with van der Waals surface area (Å²) in [5, 5.41) is 9.97. The van der Waals surface area contributed by atoms with Crippen LogP contribution in [0.4, 0.5) is 0 Å². The highest BCUT2D eigenvalue weighted by molar-refractivity contribution is 5.88. The molecule has 1 N–H and O–H groups in total. The first kappa shape index (κ1) is 48.3. The summed E-state index contributed by atoms with van der Waals surface area (Å²) in [6.45, 7) is 5.89. The molecule has 12 heteroatoms. The number of amides is 4. The topological polar surface area (TPSA) is 129 Å². The lowest BCUT2D eigenvalue weighted by atomic mass is 9.73. The van der Waals surface area contributed by atoms with E-state index in [1.54, 1.807) is 36.0 Å². The monoisotopic (exact) mass is 906 g/mol. The third kappa shape index (κ3) is 11.2. The maximum Gasteiger partial charge on any atom is 0.242 e. The summed E-state index contributed by atoms with van der Waals surface area (Å²) in [6, 6.07) is 31.1. The second-order valence-electron chi connectivity index (χ2n) is 17.5. The van der Waals surface area contributed by atoms with E-state index in [1.165, 1.54) is 0 Å². The zero-order valence-corrected chi connectivity index (χ0v) is 39.3. The van der Waals surface area contributed by atoms with Crippen LogP contribution in [-0.4, -0.2) is 133 Å². The number of nitrogens with zero attached hydrogens (tertiary/aromatic N) is 4. The van der Waals surface area contributed by atoms with Crippen LogP contribution in [0.25, 0.3) is 0 Å². The Morgan fingerprint density at radius 2 is 1.01 bits per heavy atom. The number of methoxy groups -OCH3 is 3. The van der Waals surface area contributed by atoms with E-state index in [-0.39, 0.29) is 79.3 Å². The second kappa shape index (κ2) is 22.7. The molecule has 6 atom stereocenters. The number of hydrogen-bond donors (Lipinski definition) is 1. The molecule has 8 rings (SSSR count). The fourth-order valence-electron chi connectivity index (χ4n) is 9.77. The minimum absolute atomic E-state index is 0.00104. The van der Waals surface area contributed by atoms with Crippen molar-refractivity contribution in [3.63, 3.8) is 0 Å². The van der Waals surface area contributed by atoms with Gasteiger partial charge in [-0.15, -0.1) is 0 Å². The van der Waals surface area contributed by atoms with Crippen molar-refractivity contribution in [3.05, 3.63) is 130 Å². The third-order valence-corrected chi connectivity index (χ3v) is 13.3. The number of carbonyl (C=O) groups excluding carboxylic acids is 4. The highest BCUT2D eigenvalue weighted by atomic mass is 16.5. The van der Waals surface area contributed by atoms with E-state index in [1.807, 2.05) is 89.8 Å². The number of aliphatic hydroxyl groups excluding tert-OH is 1. The fraction of sp³-hybridized carbons (Fsp3) is 0.418. The smallest absolute Gasteiger partial charge is 0.242 e. The number of rotatable bonds is 13. The van der Waals surface area contributed by atoms with Crippen molar-refractivity contribution in [1.82, 2.24) is 19.6 Å². The zero-order valence-electron chi connectivity index (χ0n) is 39.3. The molecule has 4 aliphatic heterocycles.